The summed E-state index contributed by atoms with van der Waals surface area (Å²) in [6.07, 6.45) is 0.353. The minimum Gasteiger partial charge on any atom is -0.499 e. The fraction of sp³-hybridized carbons (Fsp3) is 0.227. The third kappa shape index (κ3) is 16.7. The molecule has 0 heterocycles. The van der Waals surface area contributed by atoms with E-state index in [1.807, 2.05) is 60.0 Å². The third-order valence-corrected chi connectivity index (χ3v) is 12.4. The van der Waals surface area contributed by atoms with Gasteiger partial charge in [-0.1, -0.05) is 38.4 Å². The van der Waals surface area contributed by atoms with Crippen molar-refractivity contribution in [2.75, 3.05) is 69.8 Å². The summed E-state index contributed by atoms with van der Waals surface area (Å²) in [6, 6.07) is 38.3. The second kappa shape index (κ2) is 30.5. The van der Waals surface area contributed by atoms with E-state index in [0.29, 0.717) is 58.5 Å². The van der Waals surface area contributed by atoms with E-state index < -0.39 is 41.8 Å². The molecule has 0 aliphatic carbocycles. The predicted molar refractivity (Wildman–Crippen MR) is 316 cm³/mol. The van der Waals surface area contributed by atoms with Crippen LogP contribution in [0.3, 0.4) is 0 Å². The van der Waals surface area contributed by atoms with Crippen LogP contribution in [0.25, 0.3) is 11.1 Å². The molecule has 6 rings (SSSR count). The van der Waals surface area contributed by atoms with Gasteiger partial charge in [-0.2, -0.15) is 0 Å². The van der Waals surface area contributed by atoms with E-state index in [-0.39, 0.29) is 79.7 Å². The van der Waals surface area contributed by atoms with Gasteiger partial charge in [0.2, 0.25) is 0 Å². The number of benzene rings is 6. The first-order valence-electron chi connectivity index (χ1n) is 26.7. The molecule has 0 unspecified atom stereocenters. The minimum absolute atomic E-state index is 0.00272. The van der Waals surface area contributed by atoms with Crippen molar-refractivity contribution >= 4 is 75.9 Å². The molecule has 6 aromatic rings. The summed E-state index contributed by atoms with van der Waals surface area (Å²) in [4.78, 5) is 92.6. The Bertz CT molecular complexity index is 3310. The van der Waals surface area contributed by atoms with E-state index in [4.69, 9.17) is 42.6 Å². The zero-order valence-corrected chi connectivity index (χ0v) is 47.8. The summed E-state index contributed by atoms with van der Waals surface area (Å²) in [5.41, 5.74) is 7.16. The molecule has 0 N–H and O–H groups in total. The molecule has 436 valence electrons. The summed E-state index contributed by atoms with van der Waals surface area (Å²) >= 11 is 0. The van der Waals surface area contributed by atoms with E-state index in [9.17, 15) is 33.6 Å². The average molecular weight is 1140 g/mol. The molecule has 18 nitrogen and oxygen atoms in total. The lowest BCUT2D eigenvalue weighted by Gasteiger charge is -2.28. The lowest BCUT2D eigenvalue weighted by molar-refractivity contribution is -0.139. The molecule has 84 heavy (non-hydrogen) atoms. The highest BCUT2D eigenvalue weighted by atomic mass is 16.6. The van der Waals surface area contributed by atoms with Gasteiger partial charge in [-0.05, 0) is 173 Å². The van der Waals surface area contributed by atoms with Crippen LogP contribution in [0.4, 0.5) is 34.1 Å². The summed E-state index contributed by atoms with van der Waals surface area (Å²) in [5.74, 6) is -3.62. The second-order valence-electron chi connectivity index (χ2n) is 18.3. The molecule has 18 heteroatoms. The van der Waals surface area contributed by atoms with Gasteiger partial charge in [0.15, 0.2) is 0 Å². The van der Waals surface area contributed by atoms with E-state index in [1.165, 1.54) is 7.11 Å². The number of hydrogen-bond acceptors (Lipinski definition) is 18. The predicted octanol–water partition coefficient (Wildman–Crippen LogP) is 12.5. The number of ether oxygens (including phenoxy) is 9. The highest BCUT2D eigenvalue weighted by molar-refractivity contribution is 5.96. The summed E-state index contributed by atoms with van der Waals surface area (Å²) in [6.45, 7) is 23.5. The quantitative estimate of drug-likeness (QED) is 0.0185. The van der Waals surface area contributed by atoms with Crippen molar-refractivity contribution in [2.24, 2.45) is 0 Å². The molecule has 6 aromatic carbocycles. The zero-order chi connectivity index (χ0) is 60.9. The summed E-state index contributed by atoms with van der Waals surface area (Å²) in [7, 11) is 1.54. The lowest BCUT2D eigenvalue weighted by atomic mass is 10.00. The Morgan fingerprint density at radius 2 is 0.714 bits per heavy atom. The monoisotopic (exact) mass is 1140 g/mol. The van der Waals surface area contributed by atoms with Crippen LogP contribution in [-0.4, -0.2) is 102 Å². The Hall–Kier alpha value is -10.2. The van der Waals surface area contributed by atoms with Gasteiger partial charge in [-0.3, -0.25) is 0 Å². The molecule has 0 spiro atoms. The largest absolute Gasteiger partial charge is 0.499 e. The Labute approximate surface area is 488 Å². The Kier molecular flexibility index (Phi) is 22.9. The van der Waals surface area contributed by atoms with Crippen LogP contribution in [0, 0.1) is 6.92 Å². The maximum Gasteiger partial charge on any atom is 0.338 e. The molecular formula is C66H66N2O16. The standard InChI is InChI=1S/C66H66N2O16/c1-11-77-46(9)35-36-81-63(72)47-15-25-53(26-16-47)67(54-27-17-48(18-28-54)64(73)82-39-43(6)60(69)78-12-2)57-33-23-51(37-42(57)5)52-24-34-58(59(38-52)76-10)68(55-29-19-49(20-30-55)65(74)83-40-44(7)61(70)79-13-3)56-31-21-50(22-32-56)66(75)84-41-45(8)62(71)80-14-4/h15-34,37-38H,6-9,11-14,35-36,39-41H2,1-5,10H3. The first-order chi connectivity index (χ1) is 40.4. The number of esters is 7. The number of carbonyl (C=O) groups is 7. The maximum atomic E-state index is 13.1. The van der Waals surface area contributed by atoms with Crippen molar-refractivity contribution in [3.63, 3.8) is 0 Å². The number of rotatable bonds is 29. The van der Waals surface area contributed by atoms with E-state index in [2.05, 4.69) is 26.3 Å². The Morgan fingerprint density at radius 3 is 1.05 bits per heavy atom. The van der Waals surface area contributed by atoms with Crippen molar-refractivity contribution in [3.05, 3.63) is 210 Å². The van der Waals surface area contributed by atoms with Crippen molar-refractivity contribution in [2.45, 2.75) is 41.0 Å². The fourth-order valence-corrected chi connectivity index (χ4v) is 8.17. The molecule has 0 aliphatic heterocycles. The van der Waals surface area contributed by atoms with Crippen LogP contribution in [-0.2, 0) is 52.3 Å². The van der Waals surface area contributed by atoms with Crippen LogP contribution in [0.15, 0.2) is 182 Å². The normalized spacial score (nSPS) is 10.5. The van der Waals surface area contributed by atoms with Gasteiger partial charge < -0.3 is 52.4 Å². The number of nitrogens with zero attached hydrogens (tertiary/aromatic N) is 2. The van der Waals surface area contributed by atoms with Crippen LogP contribution >= 0.6 is 0 Å². The number of aryl methyl sites for hydroxylation is 1. The van der Waals surface area contributed by atoms with Gasteiger partial charge in [-0.15, -0.1) is 0 Å². The Balaban J connectivity index is 1.34. The van der Waals surface area contributed by atoms with Gasteiger partial charge in [-0.25, -0.2) is 33.6 Å². The van der Waals surface area contributed by atoms with Crippen molar-refractivity contribution < 1.29 is 76.2 Å². The SMILES string of the molecule is C=C(CCOC(=O)c1ccc(N(c2ccc(C(=O)OCC(=C)C(=O)OCC)cc2)c2ccc(-c3ccc(N(c4ccc(C(=O)OCC(=C)C(=O)OCC)cc4)c4ccc(C(=O)OCC(=C)C(=O)OCC)cc4)c(OC)c3)cc2C)cc1)OCC. The minimum atomic E-state index is -0.696. The number of hydrogen-bond donors (Lipinski definition) is 0. The van der Waals surface area contributed by atoms with E-state index in [0.717, 1.165) is 22.4 Å². The second-order valence-corrected chi connectivity index (χ2v) is 18.3. The van der Waals surface area contributed by atoms with Gasteiger partial charge >= 0.3 is 41.8 Å². The third-order valence-electron chi connectivity index (χ3n) is 12.4. The van der Waals surface area contributed by atoms with E-state index >= 15 is 0 Å². The first-order valence-corrected chi connectivity index (χ1v) is 26.7. The Morgan fingerprint density at radius 1 is 0.393 bits per heavy atom. The van der Waals surface area contributed by atoms with Crippen LogP contribution < -0.4 is 14.5 Å². The molecule has 0 aromatic heterocycles. The topological polar surface area (TPSA) is 209 Å². The molecule has 0 saturated carbocycles. The van der Waals surface area contributed by atoms with Crippen LogP contribution in [0.5, 0.6) is 5.75 Å². The van der Waals surface area contributed by atoms with Gasteiger partial charge in [0.1, 0.15) is 25.6 Å². The molecule has 0 saturated heterocycles. The summed E-state index contributed by atoms with van der Waals surface area (Å²) in [5, 5.41) is 0. The van der Waals surface area contributed by atoms with Gasteiger partial charge in [0.05, 0.1) is 90.6 Å². The maximum absolute atomic E-state index is 13.1. The zero-order valence-electron chi connectivity index (χ0n) is 47.8. The highest BCUT2D eigenvalue weighted by Crippen LogP contribution is 2.44. The molecular weight excluding hydrogens is 1080 g/mol. The molecule has 0 amide bonds. The smallest absolute Gasteiger partial charge is 0.338 e. The number of carbonyl (C=O) groups excluding carboxylic acids is 7. The van der Waals surface area contributed by atoms with Crippen LogP contribution in [0.1, 0.15) is 81.1 Å². The number of methoxy groups -OCH3 is 1. The molecule has 0 atom stereocenters. The lowest BCUT2D eigenvalue weighted by Crippen LogP contribution is -2.16. The summed E-state index contributed by atoms with van der Waals surface area (Å²) < 4.78 is 47.9. The van der Waals surface area contributed by atoms with Crippen molar-refractivity contribution in [1.82, 2.24) is 0 Å². The molecule has 0 bridgehead atoms. The molecule has 0 fully saturated rings. The fourth-order valence-electron chi connectivity index (χ4n) is 8.17. The molecule has 0 aliphatic rings. The first kappa shape index (κ1) is 63.0. The average Bonchev–Trinajstić information content (AvgIpc) is 2.13. The number of anilines is 6. The molecule has 0 radical (unpaired) electrons. The van der Waals surface area contributed by atoms with Gasteiger partial charge in [0.25, 0.3) is 0 Å². The van der Waals surface area contributed by atoms with Crippen LogP contribution in [0.2, 0.25) is 0 Å². The van der Waals surface area contributed by atoms with E-state index in [1.54, 1.807) is 118 Å². The van der Waals surface area contributed by atoms with Crippen molar-refractivity contribution in [3.8, 4) is 16.9 Å². The van der Waals surface area contributed by atoms with Gasteiger partial charge in [0, 0.05) is 34.9 Å². The highest BCUT2D eigenvalue weighted by Gasteiger charge is 2.23. The van der Waals surface area contributed by atoms with Crippen molar-refractivity contribution in [1.29, 1.82) is 0 Å².